The number of amides is 1. The molecule has 0 saturated heterocycles. The standard InChI is InChI=1S/C20H20N2O5S/c1-15-4-2-3-5-18(15)12-22-19(23)13-27-20(24)17-8-6-16(7-9-17)14-28(25,26)11-10-21/h2-9H,11-14H2,1H3,(H,22,23). The second-order valence-electron chi connectivity index (χ2n) is 6.17. The van der Waals surface area contributed by atoms with Gasteiger partial charge in [-0.15, -0.1) is 0 Å². The molecule has 0 aliphatic rings. The molecule has 0 bridgehead atoms. The molecule has 8 heteroatoms. The van der Waals surface area contributed by atoms with Crippen molar-refractivity contribution in [1.29, 1.82) is 5.26 Å². The molecule has 0 aliphatic carbocycles. The summed E-state index contributed by atoms with van der Waals surface area (Å²) in [6, 6.07) is 15.0. The van der Waals surface area contributed by atoms with E-state index in [-0.39, 0.29) is 11.3 Å². The van der Waals surface area contributed by atoms with Gasteiger partial charge in [0.05, 0.1) is 17.4 Å². The molecule has 0 unspecified atom stereocenters. The van der Waals surface area contributed by atoms with Crippen molar-refractivity contribution >= 4 is 21.7 Å². The summed E-state index contributed by atoms with van der Waals surface area (Å²) in [4.78, 5) is 23.9. The molecule has 0 heterocycles. The zero-order chi connectivity index (χ0) is 20.6. The molecule has 0 fully saturated rings. The van der Waals surface area contributed by atoms with Crippen molar-refractivity contribution in [3.63, 3.8) is 0 Å². The van der Waals surface area contributed by atoms with E-state index < -0.39 is 34.1 Å². The van der Waals surface area contributed by atoms with Crippen LogP contribution in [0, 0.1) is 18.3 Å². The first kappa shape index (κ1) is 21.1. The summed E-state index contributed by atoms with van der Waals surface area (Å²) < 4.78 is 28.2. The first-order valence-electron chi connectivity index (χ1n) is 8.45. The molecule has 0 aromatic heterocycles. The van der Waals surface area contributed by atoms with Crippen molar-refractivity contribution in [2.45, 2.75) is 19.2 Å². The Labute approximate surface area is 163 Å². The number of nitrogens with one attached hydrogen (secondary N) is 1. The second kappa shape index (κ2) is 9.67. The first-order chi connectivity index (χ1) is 13.3. The van der Waals surface area contributed by atoms with Crippen LogP contribution >= 0.6 is 0 Å². The molecule has 0 saturated carbocycles. The first-order valence-corrected chi connectivity index (χ1v) is 10.3. The van der Waals surface area contributed by atoms with E-state index in [4.69, 9.17) is 10.00 Å². The lowest BCUT2D eigenvalue weighted by molar-refractivity contribution is -0.124. The van der Waals surface area contributed by atoms with Gasteiger partial charge in [-0.1, -0.05) is 36.4 Å². The Kier molecular flexibility index (Phi) is 7.29. The maximum absolute atomic E-state index is 12.0. The molecule has 1 amide bonds. The maximum Gasteiger partial charge on any atom is 0.338 e. The lowest BCUT2D eigenvalue weighted by Crippen LogP contribution is -2.28. The van der Waals surface area contributed by atoms with Crippen molar-refractivity contribution in [3.8, 4) is 6.07 Å². The molecule has 28 heavy (non-hydrogen) atoms. The molecule has 7 nitrogen and oxygen atoms in total. The number of nitriles is 1. The van der Waals surface area contributed by atoms with Crippen LogP contribution in [-0.4, -0.2) is 32.7 Å². The molecule has 2 rings (SSSR count). The topological polar surface area (TPSA) is 113 Å². The largest absolute Gasteiger partial charge is 0.452 e. The number of esters is 1. The highest BCUT2D eigenvalue weighted by Gasteiger charge is 2.14. The van der Waals surface area contributed by atoms with Gasteiger partial charge in [0.1, 0.15) is 5.75 Å². The molecular weight excluding hydrogens is 380 g/mol. The smallest absolute Gasteiger partial charge is 0.338 e. The summed E-state index contributed by atoms with van der Waals surface area (Å²) in [6.07, 6.45) is 0. The minimum atomic E-state index is -3.50. The van der Waals surface area contributed by atoms with E-state index in [1.807, 2.05) is 31.2 Å². The van der Waals surface area contributed by atoms with E-state index in [1.165, 1.54) is 24.3 Å². The lowest BCUT2D eigenvalue weighted by atomic mass is 10.1. The fraction of sp³-hybridized carbons (Fsp3) is 0.250. The van der Waals surface area contributed by atoms with Crippen LogP contribution in [0.3, 0.4) is 0 Å². The summed E-state index contributed by atoms with van der Waals surface area (Å²) in [5.74, 6) is -1.95. The number of carbonyl (C=O) groups excluding carboxylic acids is 2. The Morgan fingerprint density at radius 3 is 2.43 bits per heavy atom. The van der Waals surface area contributed by atoms with Gasteiger partial charge in [0, 0.05) is 6.54 Å². The van der Waals surface area contributed by atoms with E-state index in [0.29, 0.717) is 12.1 Å². The summed E-state index contributed by atoms with van der Waals surface area (Å²) in [6.45, 7) is 1.87. The zero-order valence-corrected chi connectivity index (χ0v) is 16.2. The summed E-state index contributed by atoms with van der Waals surface area (Å²) >= 11 is 0. The molecule has 0 aliphatic heterocycles. The predicted molar refractivity (Wildman–Crippen MR) is 103 cm³/mol. The normalized spacial score (nSPS) is 10.7. The Bertz CT molecular complexity index is 992. The van der Waals surface area contributed by atoms with E-state index in [2.05, 4.69) is 5.32 Å². The van der Waals surface area contributed by atoms with Gasteiger partial charge in [0.2, 0.25) is 0 Å². The summed E-state index contributed by atoms with van der Waals surface area (Å²) in [7, 11) is -3.50. The van der Waals surface area contributed by atoms with Gasteiger partial charge in [0.15, 0.2) is 16.4 Å². The SMILES string of the molecule is Cc1ccccc1CNC(=O)COC(=O)c1ccc(CS(=O)(=O)CC#N)cc1. The Morgan fingerprint density at radius 2 is 1.79 bits per heavy atom. The van der Waals surface area contributed by atoms with Crippen molar-refractivity contribution in [1.82, 2.24) is 5.32 Å². The molecule has 2 aromatic carbocycles. The molecule has 0 radical (unpaired) electrons. The number of rotatable bonds is 8. The lowest BCUT2D eigenvalue weighted by Gasteiger charge is -2.09. The fourth-order valence-electron chi connectivity index (χ4n) is 2.41. The third kappa shape index (κ3) is 6.52. The monoisotopic (exact) mass is 400 g/mol. The number of hydrogen-bond acceptors (Lipinski definition) is 6. The zero-order valence-electron chi connectivity index (χ0n) is 15.3. The second-order valence-corrected chi connectivity index (χ2v) is 8.23. The van der Waals surface area contributed by atoms with Crippen LogP contribution in [-0.2, 0) is 31.7 Å². The maximum atomic E-state index is 12.0. The Hall–Kier alpha value is -3.18. The van der Waals surface area contributed by atoms with Crippen LogP contribution < -0.4 is 5.32 Å². The highest BCUT2D eigenvalue weighted by atomic mass is 32.2. The van der Waals surface area contributed by atoms with Crippen LogP contribution in [0.4, 0.5) is 0 Å². The van der Waals surface area contributed by atoms with E-state index >= 15 is 0 Å². The van der Waals surface area contributed by atoms with Gasteiger partial charge >= 0.3 is 5.97 Å². The third-order valence-electron chi connectivity index (χ3n) is 3.93. The average Bonchev–Trinajstić information content (AvgIpc) is 2.65. The minimum Gasteiger partial charge on any atom is -0.452 e. The number of carbonyl (C=O) groups is 2. The van der Waals surface area contributed by atoms with E-state index in [0.717, 1.165) is 11.1 Å². The van der Waals surface area contributed by atoms with Gasteiger partial charge < -0.3 is 10.1 Å². The number of benzene rings is 2. The number of hydrogen-bond donors (Lipinski definition) is 1. The molecule has 0 atom stereocenters. The predicted octanol–water partition coefficient (Wildman–Crippen LogP) is 1.91. The molecular formula is C20H20N2O5S. The third-order valence-corrected chi connectivity index (χ3v) is 5.27. The quantitative estimate of drug-likeness (QED) is 0.677. The van der Waals surface area contributed by atoms with Crippen LogP contribution in [0.25, 0.3) is 0 Å². The minimum absolute atomic E-state index is 0.202. The van der Waals surface area contributed by atoms with Gasteiger partial charge in [-0.05, 0) is 35.7 Å². The van der Waals surface area contributed by atoms with Crippen LogP contribution in [0.5, 0.6) is 0 Å². The van der Waals surface area contributed by atoms with Gasteiger partial charge in [0.25, 0.3) is 5.91 Å². The van der Waals surface area contributed by atoms with Crippen molar-refractivity contribution in [2.75, 3.05) is 12.4 Å². The fourth-order valence-corrected chi connectivity index (χ4v) is 3.41. The van der Waals surface area contributed by atoms with Crippen molar-refractivity contribution < 1.29 is 22.7 Å². The number of sulfone groups is 1. The number of ether oxygens (including phenoxy) is 1. The van der Waals surface area contributed by atoms with Crippen LogP contribution in [0.1, 0.15) is 27.0 Å². The van der Waals surface area contributed by atoms with Crippen molar-refractivity contribution in [3.05, 3.63) is 70.8 Å². The summed E-state index contributed by atoms with van der Waals surface area (Å²) in [5, 5.41) is 11.2. The van der Waals surface area contributed by atoms with Crippen LogP contribution in [0.2, 0.25) is 0 Å². The molecule has 146 valence electrons. The molecule has 0 spiro atoms. The molecule has 2 aromatic rings. The highest BCUT2D eigenvalue weighted by molar-refractivity contribution is 7.90. The summed E-state index contributed by atoms with van der Waals surface area (Å²) in [5.41, 5.74) is 2.69. The Morgan fingerprint density at radius 1 is 1.11 bits per heavy atom. The number of nitrogens with zero attached hydrogens (tertiary/aromatic N) is 1. The van der Waals surface area contributed by atoms with Gasteiger partial charge in [-0.25, -0.2) is 13.2 Å². The van der Waals surface area contributed by atoms with E-state index in [9.17, 15) is 18.0 Å². The van der Waals surface area contributed by atoms with E-state index in [1.54, 1.807) is 6.07 Å². The Balaban J connectivity index is 1.83. The van der Waals surface area contributed by atoms with Gasteiger partial charge in [-0.2, -0.15) is 5.26 Å². The highest BCUT2D eigenvalue weighted by Crippen LogP contribution is 2.10. The van der Waals surface area contributed by atoms with Crippen LogP contribution in [0.15, 0.2) is 48.5 Å². The average molecular weight is 400 g/mol. The van der Waals surface area contributed by atoms with Crippen molar-refractivity contribution in [2.24, 2.45) is 0 Å². The number of aryl methyl sites for hydroxylation is 1. The van der Waals surface area contributed by atoms with Gasteiger partial charge in [-0.3, -0.25) is 4.79 Å². The molecule has 1 N–H and O–H groups in total.